The first-order valence-corrected chi connectivity index (χ1v) is 43.2. The molecule has 6 unspecified atom stereocenters. The average molecular weight is 1640 g/mol. The molecule has 0 radical (unpaired) electrons. The minimum Gasteiger partial charge on any atom is -0.743 e. The molecule has 1 heterocycles. The van der Waals surface area contributed by atoms with Crippen molar-refractivity contribution >= 4 is 68.8 Å². The van der Waals surface area contributed by atoms with Gasteiger partial charge in [0.1, 0.15) is 35.1 Å². The highest BCUT2D eigenvalue weighted by molar-refractivity contribution is 7.97. The lowest BCUT2D eigenvalue weighted by Gasteiger charge is -2.70. The molecule has 0 amide bonds. The van der Waals surface area contributed by atoms with E-state index in [2.05, 4.69) is 48.5 Å². The number of rotatable bonds is 25. The Morgan fingerprint density at radius 1 is 0.561 bits per heavy atom. The summed E-state index contributed by atoms with van der Waals surface area (Å²) in [7, 11) is -6.11. The Morgan fingerprint density at radius 3 is 1.39 bits per heavy atom. The predicted molar refractivity (Wildman–Crippen MR) is 423 cm³/mol. The quantitative estimate of drug-likeness (QED) is 0.0201. The Morgan fingerprint density at radius 2 is 0.982 bits per heavy atom. The van der Waals surface area contributed by atoms with Crippen molar-refractivity contribution in [2.75, 3.05) is 6.61 Å². The van der Waals surface area contributed by atoms with E-state index in [-0.39, 0.29) is 75.9 Å². The zero-order chi connectivity index (χ0) is 85.7. The van der Waals surface area contributed by atoms with E-state index in [0.29, 0.717) is 83.0 Å². The Labute approximate surface area is 676 Å². The van der Waals surface area contributed by atoms with Crippen LogP contribution in [-0.2, 0) is 92.5 Å². The summed E-state index contributed by atoms with van der Waals surface area (Å²) in [5.74, 6) is -3.25. The zero-order valence-corrected chi connectivity index (χ0v) is 72.2. The number of alkyl halides is 2. The summed E-state index contributed by atoms with van der Waals surface area (Å²) in [6.07, 6.45) is 10.5. The lowest BCUT2D eigenvalue weighted by atomic mass is 9.37. The summed E-state index contributed by atoms with van der Waals surface area (Å²) < 4.78 is 98.1. The third-order valence-electron chi connectivity index (χ3n) is 26.3. The molecule has 114 heavy (non-hydrogen) atoms. The molecule has 1 saturated heterocycles. The van der Waals surface area contributed by atoms with Gasteiger partial charge in [0.2, 0.25) is 6.10 Å². The van der Waals surface area contributed by atoms with Crippen LogP contribution in [0, 0.1) is 61.6 Å². The van der Waals surface area contributed by atoms with Crippen molar-refractivity contribution in [1.29, 1.82) is 0 Å². The Kier molecular flexibility index (Phi) is 29.7. The number of carbonyl (C=O) groups excluding carboxylic acids is 7. The molecule has 0 aromatic heterocycles. The number of hydrogen-bond acceptors (Lipinski definition) is 21. The second-order valence-electron chi connectivity index (χ2n) is 37.9. The molecule has 26 heteroatoms. The summed E-state index contributed by atoms with van der Waals surface area (Å²) in [4.78, 5) is 99.3. The lowest BCUT2D eigenvalue weighted by Crippen LogP contribution is -2.70. The average Bonchev–Trinajstić information content (AvgIpc) is 0.702. The molecule has 10 fully saturated rings. The molecule has 6 atom stereocenters. The Bertz CT molecular complexity index is 3880. The van der Waals surface area contributed by atoms with Crippen molar-refractivity contribution in [3.63, 3.8) is 0 Å². The van der Waals surface area contributed by atoms with E-state index in [9.17, 15) is 75.4 Å². The van der Waals surface area contributed by atoms with E-state index in [1.165, 1.54) is 14.7 Å². The highest BCUT2D eigenvalue weighted by Crippen LogP contribution is 2.73. The molecule has 10 aliphatic rings. The summed E-state index contributed by atoms with van der Waals surface area (Å²) in [6, 6.07) is 28.5. The largest absolute Gasteiger partial charge is 0.743 e. The molecule has 0 spiro atoms. The molecule has 3 aromatic carbocycles. The van der Waals surface area contributed by atoms with Crippen LogP contribution in [0.2, 0.25) is 0 Å². The van der Waals surface area contributed by atoms with Crippen LogP contribution in [0.3, 0.4) is 0 Å². The molecule has 9 aliphatic carbocycles. The van der Waals surface area contributed by atoms with Crippen LogP contribution in [-0.4, -0.2) is 139 Å². The minimum atomic E-state index is -5.98. The van der Waals surface area contributed by atoms with Crippen LogP contribution in [0.15, 0.2) is 99.6 Å². The van der Waals surface area contributed by atoms with Crippen LogP contribution >= 0.6 is 0 Å². The normalized spacial score (nSPS) is 27.4. The molecule has 638 valence electrons. The van der Waals surface area contributed by atoms with Gasteiger partial charge in [-0.15, -0.1) is 0 Å². The fraction of sp³-hybridized carbons (Fsp3) is 0.705. The van der Waals surface area contributed by atoms with E-state index >= 15 is 0 Å². The van der Waals surface area contributed by atoms with Crippen LogP contribution in [0.5, 0.6) is 5.75 Å². The van der Waals surface area contributed by atoms with Gasteiger partial charge in [0.25, 0.3) is 0 Å². The number of carboxylic acids is 1. The first-order valence-electron chi connectivity index (χ1n) is 40.6. The number of halogens is 2. The molecular weight excluding hydrogens is 1510 g/mol. The van der Waals surface area contributed by atoms with E-state index in [0.717, 1.165) is 70.6 Å². The molecule has 3 aromatic rings. The molecule has 9 saturated carbocycles. The number of hydrogen-bond donors (Lipinski definition) is 4. The van der Waals surface area contributed by atoms with E-state index < -0.39 is 113 Å². The van der Waals surface area contributed by atoms with Gasteiger partial charge in [-0.2, -0.15) is 8.78 Å². The molecule has 4 N–H and O–H groups in total. The van der Waals surface area contributed by atoms with Gasteiger partial charge in [-0.3, -0.25) is 33.6 Å². The molecular formula is C88H128F2O22S2. The van der Waals surface area contributed by atoms with Crippen LogP contribution in [0.4, 0.5) is 8.78 Å². The number of aliphatic carboxylic acids is 1. The van der Waals surface area contributed by atoms with Gasteiger partial charge >= 0.3 is 53.0 Å². The highest BCUT2D eigenvalue weighted by Gasteiger charge is 2.71. The van der Waals surface area contributed by atoms with Gasteiger partial charge in [0.05, 0.1) is 55.8 Å². The van der Waals surface area contributed by atoms with E-state index in [1.807, 2.05) is 121 Å². The number of ether oxygens (including phenoxy) is 7. The van der Waals surface area contributed by atoms with E-state index in [1.54, 1.807) is 39.8 Å². The third-order valence-corrected chi connectivity index (χ3v) is 29.5. The topological polar surface area (TPSA) is 339 Å². The van der Waals surface area contributed by atoms with Crippen LogP contribution < -0.4 is 0 Å². The van der Waals surface area contributed by atoms with Crippen LogP contribution in [0.1, 0.15) is 273 Å². The second-order valence-corrected chi connectivity index (χ2v) is 41.4. The molecule has 22 nitrogen and oxygen atoms in total. The van der Waals surface area contributed by atoms with Gasteiger partial charge in [-0.05, 0) is 298 Å². The van der Waals surface area contributed by atoms with Crippen molar-refractivity contribution in [2.24, 2.45) is 61.6 Å². The third kappa shape index (κ3) is 22.4. The highest BCUT2D eigenvalue weighted by atomic mass is 32.2. The maximum atomic E-state index is 13.8. The Balaban J connectivity index is 0.000000201. The van der Waals surface area contributed by atoms with Crippen molar-refractivity contribution in [2.45, 2.75) is 339 Å². The monoisotopic (exact) mass is 1640 g/mol. The number of carbonyl (C=O) groups is 8. The maximum Gasteiger partial charge on any atom is 0.369 e. The smallest absolute Gasteiger partial charge is 0.369 e. The number of phenols is 1. The predicted octanol–water partition coefficient (Wildman–Crippen LogP) is 16.7. The standard InChI is InChI=1S/C22H38O4.C20H30F2O7S.C18H30O6.C18H14OS.C10H16O4/c1-8-17(2,3)16(23)26-22-11-15-9-20(13-22,18(4,5)24)12-21(10-15,14-22)19(6,7)25;1-5-17(3,4)15(23)29-19-9-13-6-14(10-19)8-18(7-13,11-19)16(24)28-12(2)20(21,22)30(25,26)27;1-6-17(2,3)16(22)23-13-9-7-12(8-10-13)18(4,5)24-15(21)11-14(19)20;19-15-11-13-18(14-12-15)20(16-7-3-1-4-8-16)17-9-5-2-6-10-17;1-4-10(2,3)9(12)14-7-5-6-13-8(7)11/h15,24-25H,8-14H2,1-7H3;12-14H,5-11H2,1-4H3,(H,25,26,27);12-13H,6-11H2,1-5H3,(H,19,20);1-14H;7H,4-6H2,1-3H3. The number of phenolic OH excluding ortho intramolecular Hbond substituents is 1. The molecule has 8 bridgehead atoms. The summed E-state index contributed by atoms with van der Waals surface area (Å²) in [5, 5.41) is 35.6. The number of aliphatic hydroxyl groups is 2. The van der Waals surface area contributed by atoms with Crippen molar-refractivity contribution in [1.82, 2.24) is 0 Å². The summed E-state index contributed by atoms with van der Waals surface area (Å²) >= 11 is 0. The SMILES string of the molecule is CCC(C)(C)C(=O)OC12CC3CC(C(C)(C)O)(C1)CC(C(C)(C)O)(C3)C2.CCC(C)(C)C(=O)OC12CC3CC(C1)CC(C(=O)OC(C)C(F)(F)S(=O)(=O)[O-])(C3)C2.CCC(C)(C)C(=O)OC1CCC(C(C)(C)OC(=O)CC(=O)O)CC1.CCC(C)(C)C(=O)OC1CCOC1=O.Oc1ccc([S+](c2ccccc2)c2ccccc2)cc1. The van der Waals surface area contributed by atoms with Gasteiger partial charge in [0.15, 0.2) is 30.9 Å². The van der Waals surface area contributed by atoms with Crippen LogP contribution in [0.25, 0.3) is 0 Å². The van der Waals surface area contributed by atoms with Gasteiger partial charge in [0, 0.05) is 23.7 Å². The maximum absolute atomic E-state index is 13.8. The second kappa shape index (κ2) is 35.8. The lowest BCUT2D eigenvalue weighted by molar-refractivity contribution is -0.288. The first-order chi connectivity index (χ1) is 52.4. The first kappa shape index (κ1) is 94.4. The van der Waals surface area contributed by atoms with Crippen molar-refractivity contribution < 1.29 is 114 Å². The van der Waals surface area contributed by atoms with E-state index in [4.69, 9.17) is 38.3 Å². The number of aromatic hydroxyl groups is 1. The zero-order valence-electron chi connectivity index (χ0n) is 70.6. The summed E-state index contributed by atoms with van der Waals surface area (Å²) in [5.41, 5.74) is -7.74. The van der Waals surface area contributed by atoms with Crippen molar-refractivity contribution in [3.8, 4) is 5.75 Å². The fourth-order valence-corrected chi connectivity index (χ4v) is 20.4. The van der Waals surface area contributed by atoms with Gasteiger partial charge < -0.3 is 58.1 Å². The number of benzene rings is 3. The minimum absolute atomic E-state index is 0.0925. The molecule has 1 aliphatic heterocycles. The number of cyclic esters (lactones) is 1. The number of carboxylic acid groups (broad SMARTS) is 1. The fourth-order valence-electron chi connectivity index (χ4n) is 17.9. The Hall–Kier alpha value is -6.74. The van der Waals surface area contributed by atoms with Crippen molar-refractivity contribution in [3.05, 3.63) is 84.9 Å². The summed E-state index contributed by atoms with van der Waals surface area (Å²) in [6.45, 7) is 34.8. The van der Waals surface area contributed by atoms with Gasteiger partial charge in [-0.1, -0.05) is 64.1 Å². The molecule has 13 rings (SSSR count). The van der Waals surface area contributed by atoms with Gasteiger partial charge in [-0.25, -0.2) is 13.2 Å². The number of esters is 7.